The average molecular weight is 331 g/mol. The Kier molecular flexibility index (Phi) is 3.10. The Balaban J connectivity index is 2.17. The van der Waals surface area contributed by atoms with E-state index < -0.39 is 0 Å². The standard InChI is InChI=1S/C12H14INO2/c1-12(5-2-6-12)14-11(16)9-7-8(13)3-4-10(9)15/h3-4,7,15H,2,5-6H2,1H3,(H,14,16). The number of rotatable bonds is 2. The Bertz CT molecular complexity index is 427. The molecule has 3 nitrogen and oxygen atoms in total. The molecule has 0 unspecified atom stereocenters. The third kappa shape index (κ3) is 2.31. The second-order valence-corrected chi connectivity index (χ2v) is 5.78. The number of phenols is 1. The Morgan fingerprint density at radius 2 is 2.19 bits per heavy atom. The molecule has 0 spiro atoms. The predicted molar refractivity (Wildman–Crippen MR) is 70.5 cm³/mol. The van der Waals surface area contributed by atoms with Crippen molar-refractivity contribution in [3.05, 3.63) is 27.3 Å². The highest BCUT2D eigenvalue weighted by atomic mass is 127. The molecule has 0 saturated heterocycles. The maximum absolute atomic E-state index is 12.0. The van der Waals surface area contributed by atoms with Crippen LogP contribution in [0.5, 0.6) is 5.75 Å². The fourth-order valence-electron chi connectivity index (χ4n) is 1.86. The molecular formula is C12H14INO2. The molecular weight excluding hydrogens is 317 g/mol. The number of carbonyl (C=O) groups is 1. The van der Waals surface area contributed by atoms with Gasteiger partial charge in [-0.25, -0.2) is 0 Å². The summed E-state index contributed by atoms with van der Waals surface area (Å²) < 4.78 is 0.944. The largest absolute Gasteiger partial charge is 0.507 e. The number of hydrogen-bond acceptors (Lipinski definition) is 2. The molecule has 1 fully saturated rings. The molecule has 0 atom stereocenters. The van der Waals surface area contributed by atoms with E-state index in [2.05, 4.69) is 27.9 Å². The summed E-state index contributed by atoms with van der Waals surface area (Å²) >= 11 is 2.12. The zero-order valence-corrected chi connectivity index (χ0v) is 11.2. The maximum Gasteiger partial charge on any atom is 0.255 e. The van der Waals surface area contributed by atoms with Gasteiger partial charge in [-0.3, -0.25) is 4.79 Å². The zero-order chi connectivity index (χ0) is 11.8. The van der Waals surface area contributed by atoms with Crippen LogP contribution < -0.4 is 5.32 Å². The van der Waals surface area contributed by atoms with Crippen molar-refractivity contribution in [3.63, 3.8) is 0 Å². The molecule has 0 radical (unpaired) electrons. The summed E-state index contributed by atoms with van der Waals surface area (Å²) in [6, 6.07) is 5.03. The van der Waals surface area contributed by atoms with Crippen LogP contribution in [0.15, 0.2) is 18.2 Å². The first-order chi connectivity index (χ1) is 7.50. The highest BCUT2D eigenvalue weighted by molar-refractivity contribution is 14.1. The molecule has 0 heterocycles. The van der Waals surface area contributed by atoms with Gasteiger partial charge in [-0.15, -0.1) is 0 Å². The van der Waals surface area contributed by atoms with E-state index in [-0.39, 0.29) is 17.2 Å². The van der Waals surface area contributed by atoms with Crippen molar-refractivity contribution < 1.29 is 9.90 Å². The fourth-order valence-corrected chi connectivity index (χ4v) is 2.35. The van der Waals surface area contributed by atoms with Gasteiger partial charge in [0.05, 0.1) is 5.56 Å². The van der Waals surface area contributed by atoms with Crippen LogP contribution in [0.4, 0.5) is 0 Å². The summed E-state index contributed by atoms with van der Waals surface area (Å²) in [6.07, 6.45) is 3.20. The Hall–Kier alpha value is -0.780. The molecule has 1 aliphatic rings. The molecule has 4 heteroatoms. The lowest BCUT2D eigenvalue weighted by Crippen LogP contribution is -2.50. The number of hydrogen-bond donors (Lipinski definition) is 2. The van der Waals surface area contributed by atoms with Crippen molar-refractivity contribution in [1.82, 2.24) is 5.32 Å². The van der Waals surface area contributed by atoms with Crippen molar-refractivity contribution in [2.75, 3.05) is 0 Å². The first kappa shape index (κ1) is 11.7. The summed E-state index contributed by atoms with van der Waals surface area (Å²) in [5.74, 6) is -0.140. The monoisotopic (exact) mass is 331 g/mol. The highest BCUT2D eigenvalue weighted by Gasteiger charge is 2.33. The SMILES string of the molecule is CC1(NC(=O)c2cc(I)ccc2O)CCC1. The predicted octanol–water partition coefficient (Wildman–Crippen LogP) is 2.67. The van der Waals surface area contributed by atoms with E-state index in [0.717, 1.165) is 22.8 Å². The lowest BCUT2D eigenvalue weighted by Gasteiger charge is -2.39. The summed E-state index contributed by atoms with van der Waals surface area (Å²) in [7, 11) is 0. The van der Waals surface area contributed by atoms with Gasteiger partial charge in [0, 0.05) is 9.11 Å². The van der Waals surface area contributed by atoms with Gasteiger partial charge in [-0.1, -0.05) is 0 Å². The van der Waals surface area contributed by atoms with E-state index in [1.807, 2.05) is 6.92 Å². The van der Waals surface area contributed by atoms with E-state index >= 15 is 0 Å². The van der Waals surface area contributed by atoms with Crippen LogP contribution in [0.2, 0.25) is 0 Å². The normalized spacial score (nSPS) is 17.6. The van der Waals surface area contributed by atoms with Crippen molar-refractivity contribution in [1.29, 1.82) is 0 Å². The minimum absolute atomic E-state index is 0.0424. The Morgan fingerprint density at radius 1 is 1.50 bits per heavy atom. The van der Waals surface area contributed by atoms with Gasteiger partial charge < -0.3 is 10.4 Å². The third-order valence-electron chi connectivity index (χ3n) is 3.08. The number of amides is 1. The van der Waals surface area contributed by atoms with Crippen molar-refractivity contribution in [2.45, 2.75) is 31.7 Å². The molecule has 1 aliphatic carbocycles. The number of nitrogens with one attached hydrogen (secondary N) is 1. The summed E-state index contributed by atoms with van der Waals surface area (Å²) in [4.78, 5) is 12.0. The van der Waals surface area contributed by atoms with Crippen LogP contribution in [0, 0.1) is 3.57 Å². The number of benzene rings is 1. The second-order valence-electron chi connectivity index (χ2n) is 4.53. The molecule has 0 bridgehead atoms. The van der Waals surface area contributed by atoms with Gasteiger partial charge in [0.25, 0.3) is 5.91 Å². The summed E-state index contributed by atoms with van der Waals surface area (Å²) in [5, 5.41) is 12.6. The van der Waals surface area contributed by atoms with Crippen molar-refractivity contribution in [3.8, 4) is 5.75 Å². The van der Waals surface area contributed by atoms with E-state index in [1.54, 1.807) is 18.2 Å². The molecule has 2 N–H and O–H groups in total. The lowest BCUT2D eigenvalue weighted by molar-refractivity contribution is 0.0847. The van der Waals surface area contributed by atoms with Crippen LogP contribution >= 0.6 is 22.6 Å². The van der Waals surface area contributed by atoms with Crippen LogP contribution in [0.25, 0.3) is 0 Å². The van der Waals surface area contributed by atoms with Crippen LogP contribution in [-0.2, 0) is 0 Å². The van der Waals surface area contributed by atoms with Gasteiger partial charge in [-0.05, 0) is 67.0 Å². The van der Waals surface area contributed by atoms with E-state index in [9.17, 15) is 9.90 Å². The number of phenolic OH excluding ortho intramolecular Hbond substituents is 1. The number of carbonyl (C=O) groups excluding carboxylic acids is 1. The molecule has 1 aromatic rings. The van der Waals surface area contributed by atoms with Crippen LogP contribution in [-0.4, -0.2) is 16.6 Å². The summed E-state index contributed by atoms with van der Waals surface area (Å²) in [6.45, 7) is 2.04. The van der Waals surface area contributed by atoms with Crippen LogP contribution in [0.1, 0.15) is 36.5 Å². The highest BCUT2D eigenvalue weighted by Crippen LogP contribution is 2.31. The van der Waals surface area contributed by atoms with Crippen LogP contribution in [0.3, 0.4) is 0 Å². The van der Waals surface area contributed by atoms with Gasteiger partial charge in [-0.2, -0.15) is 0 Å². The molecule has 0 aromatic heterocycles. The van der Waals surface area contributed by atoms with Crippen molar-refractivity contribution >= 4 is 28.5 Å². The Labute approximate surface area is 108 Å². The lowest BCUT2D eigenvalue weighted by atomic mass is 9.78. The summed E-state index contributed by atoms with van der Waals surface area (Å²) in [5.41, 5.74) is 0.283. The van der Waals surface area contributed by atoms with E-state index in [0.29, 0.717) is 5.56 Å². The number of aromatic hydroxyl groups is 1. The smallest absolute Gasteiger partial charge is 0.255 e. The second kappa shape index (κ2) is 4.24. The maximum atomic E-state index is 12.0. The minimum Gasteiger partial charge on any atom is -0.507 e. The Morgan fingerprint density at radius 3 is 2.75 bits per heavy atom. The molecule has 16 heavy (non-hydrogen) atoms. The molecule has 1 amide bonds. The van der Waals surface area contributed by atoms with E-state index in [4.69, 9.17) is 0 Å². The topological polar surface area (TPSA) is 49.3 Å². The molecule has 2 rings (SSSR count). The number of halogens is 1. The van der Waals surface area contributed by atoms with Gasteiger partial charge >= 0.3 is 0 Å². The third-order valence-corrected chi connectivity index (χ3v) is 3.75. The first-order valence-corrected chi connectivity index (χ1v) is 6.39. The van der Waals surface area contributed by atoms with Gasteiger partial charge in [0.2, 0.25) is 0 Å². The minimum atomic E-state index is -0.182. The zero-order valence-electron chi connectivity index (χ0n) is 9.09. The molecule has 86 valence electrons. The fraction of sp³-hybridized carbons (Fsp3) is 0.417. The van der Waals surface area contributed by atoms with Gasteiger partial charge in [0.1, 0.15) is 5.75 Å². The van der Waals surface area contributed by atoms with Gasteiger partial charge in [0.15, 0.2) is 0 Å². The molecule has 0 aliphatic heterocycles. The first-order valence-electron chi connectivity index (χ1n) is 5.31. The van der Waals surface area contributed by atoms with Crippen molar-refractivity contribution in [2.24, 2.45) is 0 Å². The molecule has 1 saturated carbocycles. The quantitative estimate of drug-likeness (QED) is 0.819. The molecule has 1 aromatic carbocycles. The van der Waals surface area contributed by atoms with E-state index in [1.165, 1.54) is 0 Å². The average Bonchev–Trinajstić information content (AvgIpc) is 2.19.